The molecule has 14 nitrogen and oxygen atoms in total. The van der Waals surface area contributed by atoms with Crippen LogP contribution in [0.1, 0.15) is 206 Å². The summed E-state index contributed by atoms with van der Waals surface area (Å²) in [7, 11) is 0. The molecule has 2 fully saturated rings. The van der Waals surface area contributed by atoms with E-state index in [2.05, 4.69) is 31.3 Å². The third-order valence-electron chi connectivity index (χ3n) is 13.0. The molecule has 1 amide bonds. The van der Waals surface area contributed by atoms with Gasteiger partial charge in [0.1, 0.15) is 48.8 Å². The van der Waals surface area contributed by atoms with Crippen LogP contribution in [0.3, 0.4) is 0 Å². The summed E-state index contributed by atoms with van der Waals surface area (Å²) in [5.74, 6) is -0.211. The Kier molecular flexibility index (Phi) is 34.7. The Morgan fingerprint density at radius 1 is 0.547 bits per heavy atom. The first-order chi connectivity index (χ1) is 31.1. The molecule has 0 aromatic rings. The van der Waals surface area contributed by atoms with Gasteiger partial charge in [0.25, 0.3) is 0 Å². The van der Waals surface area contributed by atoms with E-state index in [1.165, 1.54) is 128 Å². The van der Waals surface area contributed by atoms with E-state index in [9.17, 15) is 45.6 Å². The largest absolute Gasteiger partial charge is 0.394 e. The quantitative estimate of drug-likeness (QED) is 0.0229. The standard InChI is InChI=1S/C50H95NO13/c1-3-5-7-9-11-12-13-14-15-16-17-18-19-20-21-22-23-24-25-26-28-30-32-34-42(55)51-38(39(54)33-31-29-27-10-8-6-4-2)37-61-49-47(60)45(58)48(41(36-53)63-49)64-50-46(59)44(57)43(56)40(35-52)62-50/h16-17,38-41,43-50,52-54,56-60H,3-15,18-37H2,1-2H3,(H,51,55)/b17-16-. The lowest BCUT2D eigenvalue weighted by atomic mass is 9.97. The van der Waals surface area contributed by atoms with Crippen molar-refractivity contribution in [2.45, 2.75) is 280 Å². The first-order valence-corrected chi connectivity index (χ1v) is 25.9. The van der Waals surface area contributed by atoms with E-state index in [0.717, 1.165) is 51.4 Å². The predicted molar refractivity (Wildman–Crippen MR) is 249 cm³/mol. The number of allylic oxidation sites excluding steroid dienone is 2. The van der Waals surface area contributed by atoms with Gasteiger partial charge in [-0.1, -0.05) is 174 Å². The van der Waals surface area contributed by atoms with Crippen LogP contribution in [0.15, 0.2) is 12.2 Å². The van der Waals surface area contributed by atoms with Crippen LogP contribution >= 0.6 is 0 Å². The molecule has 2 saturated heterocycles. The Hall–Kier alpha value is -1.27. The number of ether oxygens (including phenoxy) is 4. The summed E-state index contributed by atoms with van der Waals surface area (Å²) < 4.78 is 22.7. The van der Waals surface area contributed by atoms with Crippen LogP contribution in [-0.4, -0.2) is 140 Å². The van der Waals surface area contributed by atoms with Gasteiger partial charge in [0.2, 0.25) is 5.91 Å². The van der Waals surface area contributed by atoms with Crippen molar-refractivity contribution in [1.82, 2.24) is 5.32 Å². The second-order valence-electron chi connectivity index (χ2n) is 18.7. The molecule has 2 rings (SSSR count). The van der Waals surface area contributed by atoms with E-state index in [1.54, 1.807) is 0 Å². The number of aliphatic hydroxyl groups excluding tert-OH is 8. The zero-order valence-corrected chi connectivity index (χ0v) is 40.0. The SMILES string of the molecule is CCCCCCCCCC/C=C\CCCCCCCCCCCCCC(=O)NC(COC1OC(CO)C(OC2OC(CO)C(O)C(O)C2O)C(O)C1O)C(O)CCCCCCCCC. The minimum atomic E-state index is -1.78. The first-order valence-electron chi connectivity index (χ1n) is 25.9. The third-order valence-corrected chi connectivity index (χ3v) is 13.0. The molecular weight excluding hydrogens is 823 g/mol. The number of unbranched alkanes of at least 4 members (excludes halogenated alkanes) is 25. The smallest absolute Gasteiger partial charge is 0.220 e. The topological polar surface area (TPSA) is 228 Å². The number of carbonyl (C=O) groups excluding carboxylic acids is 1. The van der Waals surface area contributed by atoms with E-state index in [1.807, 2.05) is 0 Å². The lowest BCUT2D eigenvalue weighted by molar-refractivity contribution is -0.359. The summed E-state index contributed by atoms with van der Waals surface area (Å²) in [5, 5.41) is 86.6. The monoisotopic (exact) mass is 918 g/mol. The second-order valence-corrected chi connectivity index (χ2v) is 18.7. The van der Waals surface area contributed by atoms with E-state index < -0.39 is 86.8 Å². The fraction of sp³-hybridized carbons (Fsp3) is 0.940. The second kappa shape index (κ2) is 37.7. The highest BCUT2D eigenvalue weighted by Crippen LogP contribution is 2.30. The van der Waals surface area contributed by atoms with Crippen LogP contribution in [0.2, 0.25) is 0 Å². The third kappa shape index (κ3) is 24.7. The molecule has 2 aliphatic heterocycles. The van der Waals surface area contributed by atoms with Gasteiger partial charge in [-0.25, -0.2) is 0 Å². The van der Waals surface area contributed by atoms with Crippen molar-refractivity contribution >= 4 is 5.91 Å². The molecule has 64 heavy (non-hydrogen) atoms. The maximum atomic E-state index is 13.1. The van der Waals surface area contributed by atoms with Crippen LogP contribution in [-0.2, 0) is 23.7 Å². The van der Waals surface area contributed by atoms with Crippen LogP contribution in [0.25, 0.3) is 0 Å². The minimum absolute atomic E-state index is 0.211. The Labute approximate surface area is 386 Å². The maximum Gasteiger partial charge on any atom is 0.220 e. The summed E-state index contributed by atoms with van der Waals surface area (Å²) in [4.78, 5) is 13.1. The molecule has 12 unspecified atom stereocenters. The number of hydrogen-bond acceptors (Lipinski definition) is 13. The molecule has 0 aromatic heterocycles. The van der Waals surface area contributed by atoms with Gasteiger partial charge in [-0.3, -0.25) is 4.79 Å². The molecule has 0 saturated carbocycles. The highest BCUT2D eigenvalue weighted by molar-refractivity contribution is 5.76. The first kappa shape index (κ1) is 58.9. The van der Waals surface area contributed by atoms with Crippen LogP contribution in [0.4, 0.5) is 0 Å². The lowest BCUT2D eigenvalue weighted by Crippen LogP contribution is -2.65. The van der Waals surface area contributed by atoms with Gasteiger partial charge in [0.05, 0.1) is 32.0 Å². The van der Waals surface area contributed by atoms with Crippen molar-refractivity contribution in [3.8, 4) is 0 Å². The zero-order chi connectivity index (χ0) is 46.8. The Balaban J connectivity index is 1.70. The van der Waals surface area contributed by atoms with Gasteiger partial charge in [-0.2, -0.15) is 0 Å². The van der Waals surface area contributed by atoms with E-state index >= 15 is 0 Å². The molecule has 0 radical (unpaired) electrons. The van der Waals surface area contributed by atoms with Crippen LogP contribution in [0.5, 0.6) is 0 Å². The molecular formula is C50H95NO13. The molecule has 0 bridgehead atoms. The average molecular weight is 918 g/mol. The molecule has 2 heterocycles. The number of carbonyl (C=O) groups is 1. The molecule has 9 N–H and O–H groups in total. The minimum Gasteiger partial charge on any atom is -0.394 e. The Morgan fingerprint density at radius 3 is 1.48 bits per heavy atom. The fourth-order valence-corrected chi connectivity index (χ4v) is 8.70. The van der Waals surface area contributed by atoms with Crippen molar-refractivity contribution in [3.05, 3.63) is 12.2 Å². The predicted octanol–water partition coefficient (Wildman–Crippen LogP) is 6.77. The Bertz CT molecular complexity index is 1130. The summed E-state index contributed by atoms with van der Waals surface area (Å²) in [5.41, 5.74) is 0. The molecule has 0 aromatic carbocycles. The fourth-order valence-electron chi connectivity index (χ4n) is 8.70. The summed E-state index contributed by atoms with van der Waals surface area (Å²) in [6, 6.07) is -0.822. The van der Waals surface area contributed by atoms with Gasteiger partial charge in [-0.15, -0.1) is 0 Å². The molecule has 0 aliphatic carbocycles. The van der Waals surface area contributed by atoms with Gasteiger partial charge in [0.15, 0.2) is 12.6 Å². The van der Waals surface area contributed by atoms with Crippen LogP contribution < -0.4 is 5.32 Å². The van der Waals surface area contributed by atoms with Gasteiger partial charge in [0, 0.05) is 6.42 Å². The van der Waals surface area contributed by atoms with E-state index in [-0.39, 0.29) is 12.5 Å². The molecule has 378 valence electrons. The van der Waals surface area contributed by atoms with Gasteiger partial charge in [-0.05, 0) is 38.5 Å². The number of nitrogens with one attached hydrogen (secondary N) is 1. The Morgan fingerprint density at radius 2 is 0.984 bits per heavy atom. The highest BCUT2D eigenvalue weighted by Gasteiger charge is 2.51. The number of amides is 1. The van der Waals surface area contributed by atoms with Crippen LogP contribution in [0, 0.1) is 0 Å². The van der Waals surface area contributed by atoms with E-state index in [4.69, 9.17) is 18.9 Å². The number of hydrogen-bond donors (Lipinski definition) is 9. The number of aliphatic hydroxyl groups is 8. The van der Waals surface area contributed by atoms with Crippen molar-refractivity contribution in [2.24, 2.45) is 0 Å². The molecule has 14 heteroatoms. The van der Waals surface area contributed by atoms with E-state index in [0.29, 0.717) is 12.8 Å². The molecule has 12 atom stereocenters. The van der Waals surface area contributed by atoms with Crippen molar-refractivity contribution in [1.29, 1.82) is 0 Å². The number of rotatable bonds is 40. The van der Waals surface area contributed by atoms with Crippen molar-refractivity contribution in [2.75, 3.05) is 19.8 Å². The maximum absolute atomic E-state index is 13.1. The summed E-state index contributed by atoms with van der Waals surface area (Å²) in [6.07, 6.45) is 22.5. The zero-order valence-electron chi connectivity index (χ0n) is 40.0. The summed E-state index contributed by atoms with van der Waals surface area (Å²) in [6.45, 7) is 2.80. The molecule has 2 aliphatic rings. The normalized spacial score (nSPS) is 27.3. The average Bonchev–Trinajstić information content (AvgIpc) is 3.29. The van der Waals surface area contributed by atoms with Crippen molar-refractivity contribution in [3.63, 3.8) is 0 Å². The van der Waals surface area contributed by atoms with Crippen molar-refractivity contribution < 1.29 is 64.6 Å². The lowest BCUT2D eigenvalue weighted by Gasteiger charge is -2.46. The van der Waals surface area contributed by atoms with Gasteiger partial charge < -0.3 is 65.1 Å². The summed E-state index contributed by atoms with van der Waals surface area (Å²) >= 11 is 0. The highest BCUT2D eigenvalue weighted by atomic mass is 16.7. The van der Waals surface area contributed by atoms with Gasteiger partial charge >= 0.3 is 0 Å². The molecule has 0 spiro atoms.